The summed E-state index contributed by atoms with van der Waals surface area (Å²) >= 11 is 6.13. The second-order valence-corrected chi connectivity index (χ2v) is 9.65. The van der Waals surface area contributed by atoms with E-state index in [0.29, 0.717) is 24.9 Å². The number of allylic oxidation sites excluding steroid dienone is 2. The molecule has 176 valence electrons. The summed E-state index contributed by atoms with van der Waals surface area (Å²) in [7, 11) is 0. The summed E-state index contributed by atoms with van der Waals surface area (Å²) in [5.74, 6) is -0.378. The summed E-state index contributed by atoms with van der Waals surface area (Å²) in [6.07, 6.45) is 8.36. The lowest BCUT2D eigenvalue weighted by molar-refractivity contribution is -0.136. The zero-order valence-corrected chi connectivity index (χ0v) is 19.9. The number of halogens is 1. The van der Waals surface area contributed by atoms with Crippen LogP contribution in [0.15, 0.2) is 47.6 Å². The molecule has 0 saturated carbocycles. The number of likely N-dealkylation sites (tertiary alicyclic amines) is 1. The number of aliphatic hydroxyl groups excluding tert-OH is 1. The number of aliphatic carboxylic acids is 1. The summed E-state index contributed by atoms with van der Waals surface area (Å²) in [6.45, 7) is 5.99. The van der Waals surface area contributed by atoms with Crippen LogP contribution >= 0.6 is 11.6 Å². The number of carbonyl (C=O) groups is 1. The molecule has 2 N–H and O–H groups in total. The summed E-state index contributed by atoms with van der Waals surface area (Å²) in [4.78, 5) is 13.4. The monoisotopic (exact) mass is 461 g/mol. The molecule has 1 aliphatic carbocycles. The number of β-amino-alcohol motifs (C(OH)–C–C–N with tert-alkyl or cyclic N) is 1. The van der Waals surface area contributed by atoms with Crippen molar-refractivity contribution < 1.29 is 19.7 Å². The van der Waals surface area contributed by atoms with Gasteiger partial charge in [0, 0.05) is 24.0 Å². The van der Waals surface area contributed by atoms with Gasteiger partial charge in [0.25, 0.3) is 0 Å². The van der Waals surface area contributed by atoms with Crippen molar-refractivity contribution in [2.45, 2.75) is 70.6 Å². The van der Waals surface area contributed by atoms with Crippen molar-refractivity contribution in [2.24, 2.45) is 5.92 Å². The normalized spacial score (nSPS) is 23.5. The molecule has 1 aromatic carbocycles. The Kier molecular flexibility index (Phi) is 9.35. The molecule has 32 heavy (non-hydrogen) atoms. The zero-order chi connectivity index (χ0) is 23.1. The van der Waals surface area contributed by atoms with E-state index in [2.05, 4.69) is 30.0 Å². The summed E-state index contributed by atoms with van der Waals surface area (Å²) in [5, 5.41) is 20.5. The van der Waals surface area contributed by atoms with E-state index in [0.717, 1.165) is 48.4 Å². The van der Waals surface area contributed by atoms with E-state index in [1.165, 1.54) is 5.56 Å². The van der Waals surface area contributed by atoms with Crippen LogP contribution in [0.2, 0.25) is 5.02 Å². The topological polar surface area (TPSA) is 70.0 Å². The fourth-order valence-corrected chi connectivity index (χ4v) is 5.00. The van der Waals surface area contributed by atoms with Gasteiger partial charge in [-0.1, -0.05) is 42.8 Å². The Morgan fingerprint density at radius 1 is 1.38 bits per heavy atom. The molecular weight excluding hydrogens is 426 g/mol. The molecule has 1 saturated heterocycles. The van der Waals surface area contributed by atoms with Gasteiger partial charge in [-0.15, -0.1) is 0 Å². The number of rotatable bonds is 11. The van der Waals surface area contributed by atoms with E-state index in [-0.39, 0.29) is 19.1 Å². The molecule has 5 nitrogen and oxygen atoms in total. The van der Waals surface area contributed by atoms with Gasteiger partial charge in [-0.05, 0) is 80.3 Å². The highest BCUT2D eigenvalue weighted by atomic mass is 35.5. The predicted octanol–water partition coefficient (Wildman–Crippen LogP) is 4.87. The van der Waals surface area contributed by atoms with Crippen molar-refractivity contribution in [3.63, 3.8) is 0 Å². The van der Waals surface area contributed by atoms with Crippen molar-refractivity contribution in [1.29, 1.82) is 0 Å². The second-order valence-electron chi connectivity index (χ2n) is 9.21. The van der Waals surface area contributed by atoms with Crippen LogP contribution in [-0.4, -0.2) is 59.0 Å². The highest BCUT2D eigenvalue weighted by Crippen LogP contribution is 2.30. The maximum Gasteiger partial charge on any atom is 0.303 e. The van der Waals surface area contributed by atoms with Crippen LogP contribution in [0.3, 0.4) is 0 Å². The fraction of sp³-hybridized carbons (Fsp3) is 0.577. The number of carboxylic acids is 1. The SMILES string of the molecule is CC1C=C([C@@H](C)OCC(O)CN2CCC[C@H]2Cc2cccc(Cl)c2)C(CCC(=O)O)=CC1. The molecule has 1 fully saturated rings. The number of benzene rings is 1. The first-order chi connectivity index (χ1) is 15.3. The van der Waals surface area contributed by atoms with Crippen LogP contribution in [-0.2, 0) is 16.0 Å². The van der Waals surface area contributed by atoms with Crippen LogP contribution in [0, 0.1) is 5.92 Å². The molecule has 0 bridgehead atoms. The molecule has 0 aromatic heterocycles. The summed E-state index contributed by atoms with van der Waals surface area (Å²) in [5.41, 5.74) is 3.36. The number of hydrogen-bond donors (Lipinski definition) is 2. The highest BCUT2D eigenvalue weighted by molar-refractivity contribution is 6.30. The van der Waals surface area contributed by atoms with Gasteiger partial charge in [-0.2, -0.15) is 0 Å². The largest absolute Gasteiger partial charge is 0.481 e. The molecule has 1 aromatic rings. The van der Waals surface area contributed by atoms with Gasteiger partial charge in [0.1, 0.15) is 0 Å². The van der Waals surface area contributed by atoms with Gasteiger partial charge in [0.15, 0.2) is 0 Å². The van der Waals surface area contributed by atoms with Crippen molar-refractivity contribution >= 4 is 17.6 Å². The van der Waals surface area contributed by atoms with Crippen molar-refractivity contribution in [1.82, 2.24) is 4.90 Å². The van der Waals surface area contributed by atoms with Crippen LogP contribution in [0.5, 0.6) is 0 Å². The van der Waals surface area contributed by atoms with E-state index in [4.69, 9.17) is 21.4 Å². The zero-order valence-electron chi connectivity index (χ0n) is 19.2. The number of nitrogens with zero attached hydrogens (tertiary/aromatic N) is 1. The lowest BCUT2D eigenvalue weighted by atomic mass is 9.86. The average molecular weight is 462 g/mol. The van der Waals surface area contributed by atoms with Gasteiger partial charge in [-0.25, -0.2) is 0 Å². The molecule has 2 aliphatic rings. The van der Waals surface area contributed by atoms with Crippen molar-refractivity contribution in [3.05, 3.63) is 58.1 Å². The summed E-state index contributed by atoms with van der Waals surface area (Å²) in [6, 6.07) is 8.42. The third kappa shape index (κ3) is 7.45. The van der Waals surface area contributed by atoms with E-state index in [1.807, 2.05) is 25.1 Å². The number of aliphatic hydroxyl groups is 1. The van der Waals surface area contributed by atoms with Crippen LogP contribution < -0.4 is 0 Å². The molecule has 4 atom stereocenters. The Bertz CT molecular complexity index is 837. The first kappa shape index (κ1) is 25.0. The van der Waals surface area contributed by atoms with Gasteiger partial charge in [0.05, 0.1) is 18.8 Å². The van der Waals surface area contributed by atoms with Gasteiger partial charge in [-0.3, -0.25) is 9.69 Å². The van der Waals surface area contributed by atoms with Crippen LogP contribution in [0.4, 0.5) is 0 Å². The molecule has 2 unspecified atom stereocenters. The Balaban J connectivity index is 1.50. The maximum atomic E-state index is 11.0. The fourth-order valence-electron chi connectivity index (χ4n) is 4.78. The van der Waals surface area contributed by atoms with E-state index >= 15 is 0 Å². The molecule has 1 aliphatic heterocycles. The minimum Gasteiger partial charge on any atom is -0.481 e. The highest BCUT2D eigenvalue weighted by Gasteiger charge is 2.27. The number of carboxylic acid groups (broad SMARTS) is 1. The van der Waals surface area contributed by atoms with E-state index in [1.54, 1.807) is 0 Å². The number of ether oxygens (including phenoxy) is 1. The molecule has 0 radical (unpaired) electrons. The van der Waals surface area contributed by atoms with E-state index in [9.17, 15) is 9.90 Å². The lowest BCUT2D eigenvalue weighted by Crippen LogP contribution is -2.39. The quantitative estimate of drug-likeness (QED) is 0.492. The molecule has 0 spiro atoms. The minimum atomic E-state index is -0.786. The van der Waals surface area contributed by atoms with Gasteiger partial charge < -0.3 is 14.9 Å². The molecule has 0 amide bonds. The number of hydrogen-bond acceptors (Lipinski definition) is 4. The van der Waals surface area contributed by atoms with Gasteiger partial charge in [0.2, 0.25) is 0 Å². The Labute approximate surface area is 196 Å². The predicted molar refractivity (Wildman–Crippen MR) is 128 cm³/mol. The molecule has 3 rings (SSSR count). The average Bonchev–Trinajstić information content (AvgIpc) is 3.17. The smallest absolute Gasteiger partial charge is 0.303 e. The first-order valence-electron chi connectivity index (χ1n) is 11.7. The van der Waals surface area contributed by atoms with Crippen LogP contribution in [0.25, 0.3) is 0 Å². The third-order valence-corrected chi connectivity index (χ3v) is 6.70. The third-order valence-electron chi connectivity index (χ3n) is 6.46. The lowest BCUT2D eigenvalue weighted by Gasteiger charge is -2.29. The molecule has 6 heteroatoms. The Morgan fingerprint density at radius 2 is 2.19 bits per heavy atom. The Morgan fingerprint density at radius 3 is 2.94 bits per heavy atom. The van der Waals surface area contributed by atoms with Gasteiger partial charge >= 0.3 is 5.97 Å². The van der Waals surface area contributed by atoms with Crippen molar-refractivity contribution in [3.8, 4) is 0 Å². The standard InChI is InChI=1S/C26H36ClNO4/c1-18-8-9-21(10-11-26(30)31)25(13-18)19(2)32-17-24(29)16-28-12-4-7-23(28)15-20-5-3-6-22(27)14-20/h3,5-6,9,13-14,18-19,23-24,29H,4,7-8,10-12,15-17H2,1-2H3,(H,30,31)/t18?,19-,23+,24?/m1/s1. The van der Waals surface area contributed by atoms with Crippen LogP contribution in [0.1, 0.15) is 51.5 Å². The van der Waals surface area contributed by atoms with E-state index < -0.39 is 12.1 Å². The Hall–Kier alpha value is -1.66. The minimum absolute atomic E-state index is 0.121. The maximum absolute atomic E-state index is 11.0. The van der Waals surface area contributed by atoms with Crippen molar-refractivity contribution in [2.75, 3.05) is 19.7 Å². The molecule has 1 heterocycles. The second kappa shape index (κ2) is 12.0. The summed E-state index contributed by atoms with van der Waals surface area (Å²) < 4.78 is 6.06. The first-order valence-corrected chi connectivity index (χ1v) is 12.1. The molecular formula is C26H36ClNO4.